The van der Waals surface area contributed by atoms with Crippen LogP contribution in [0.4, 0.5) is 0 Å². The van der Waals surface area contributed by atoms with Crippen molar-refractivity contribution in [2.75, 3.05) is 0 Å². The van der Waals surface area contributed by atoms with Gasteiger partial charge in [-0.05, 0) is 31.5 Å². The molecule has 1 heterocycles. The van der Waals surface area contributed by atoms with E-state index in [9.17, 15) is 0 Å². The molecule has 4 heteroatoms. The van der Waals surface area contributed by atoms with Crippen molar-refractivity contribution in [1.29, 1.82) is 0 Å². The predicted molar refractivity (Wildman–Crippen MR) is 86.7 cm³/mol. The van der Waals surface area contributed by atoms with Crippen LogP contribution in [-0.2, 0) is 13.0 Å². The zero-order valence-electron chi connectivity index (χ0n) is 12.5. The minimum Gasteiger partial charge on any atom is -0.487 e. The number of rotatable bonds is 6. The minimum absolute atomic E-state index is 0.0990. The largest absolute Gasteiger partial charge is 0.487 e. The molecule has 3 nitrogen and oxygen atoms in total. The molecule has 0 spiro atoms. The third-order valence-electron chi connectivity index (χ3n) is 3.39. The molecule has 2 aromatic rings. The van der Waals surface area contributed by atoms with Gasteiger partial charge in [-0.2, -0.15) is 0 Å². The number of hydrogen-bond donors (Lipinski definition) is 1. The number of nitrogens with two attached hydrogens (primary N) is 1. The lowest BCUT2D eigenvalue weighted by Gasteiger charge is -2.14. The standard InChI is InChI=1S/C17H21ClN2O/c1-3-14(19)10-16-17(9-8-12(2)20-16)21-11-13-6-4-5-7-15(13)18/h4-9,14H,3,10-11,19H2,1-2H3. The summed E-state index contributed by atoms with van der Waals surface area (Å²) in [6.45, 7) is 4.47. The number of nitrogens with zero attached hydrogens (tertiary/aromatic N) is 1. The molecule has 0 aliphatic heterocycles. The molecule has 0 aliphatic rings. The fraction of sp³-hybridized carbons (Fsp3) is 0.353. The number of aromatic nitrogens is 1. The Morgan fingerprint density at radius 1 is 1.24 bits per heavy atom. The molecule has 0 aliphatic carbocycles. The van der Waals surface area contributed by atoms with Crippen LogP contribution in [0, 0.1) is 6.92 Å². The maximum absolute atomic E-state index is 6.15. The molecule has 0 amide bonds. The van der Waals surface area contributed by atoms with Gasteiger partial charge in [0.15, 0.2) is 0 Å². The number of hydrogen-bond acceptors (Lipinski definition) is 3. The highest BCUT2D eigenvalue weighted by molar-refractivity contribution is 6.31. The van der Waals surface area contributed by atoms with E-state index in [-0.39, 0.29) is 6.04 Å². The molecule has 0 bridgehead atoms. The highest BCUT2D eigenvalue weighted by Crippen LogP contribution is 2.22. The van der Waals surface area contributed by atoms with E-state index in [2.05, 4.69) is 11.9 Å². The normalized spacial score (nSPS) is 12.2. The highest BCUT2D eigenvalue weighted by atomic mass is 35.5. The van der Waals surface area contributed by atoms with Gasteiger partial charge in [0, 0.05) is 28.7 Å². The molecule has 2 rings (SSSR count). The van der Waals surface area contributed by atoms with E-state index < -0.39 is 0 Å². The van der Waals surface area contributed by atoms with E-state index in [0.717, 1.165) is 35.5 Å². The minimum atomic E-state index is 0.0990. The van der Waals surface area contributed by atoms with Crippen molar-refractivity contribution in [1.82, 2.24) is 4.98 Å². The molecule has 1 aromatic heterocycles. The SMILES string of the molecule is CCC(N)Cc1nc(C)ccc1OCc1ccccc1Cl. The Morgan fingerprint density at radius 3 is 2.71 bits per heavy atom. The summed E-state index contributed by atoms with van der Waals surface area (Å²) in [6.07, 6.45) is 1.63. The van der Waals surface area contributed by atoms with E-state index in [4.69, 9.17) is 22.1 Å². The van der Waals surface area contributed by atoms with Crippen molar-refractivity contribution < 1.29 is 4.74 Å². The molecule has 2 N–H and O–H groups in total. The van der Waals surface area contributed by atoms with Gasteiger partial charge < -0.3 is 10.5 Å². The Kier molecular flexibility index (Phi) is 5.59. The summed E-state index contributed by atoms with van der Waals surface area (Å²) >= 11 is 6.15. The van der Waals surface area contributed by atoms with Crippen LogP contribution in [0.2, 0.25) is 5.02 Å². The van der Waals surface area contributed by atoms with Gasteiger partial charge in [-0.1, -0.05) is 36.7 Å². The number of pyridine rings is 1. The van der Waals surface area contributed by atoms with Crippen LogP contribution in [-0.4, -0.2) is 11.0 Å². The third-order valence-corrected chi connectivity index (χ3v) is 3.76. The Hall–Kier alpha value is -1.58. The summed E-state index contributed by atoms with van der Waals surface area (Å²) in [7, 11) is 0. The maximum atomic E-state index is 6.15. The van der Waals surface area contributed by atoms with Gasteiger partial charge in [0.1, 0.15) is 12.4 Å². The number of aryl methyl sites for hydroxylation is 1. The lowest BCUT2D eigenvalue weighted by molar-refractivity contribution is 0.300. The van der Waals surface area contributed by atoms with E-state index in [0.29, 0.717) is 11.6 Å². The summed E-state index contributed by atoms with van der Waals surface area (Å²) in [6, 6.07) is 11.7. The molecule has 1 unspecified atom stereocenters. The number of halogens is 1. The summed E-state index contributed by atoms with van der Waals surface area (Å²) in [4.78, 5) is 4.56. The van der Waals surface area contributed by atoms with Crippen molar-refractivity contribution in [2.45, 2.75) is 39.3 Å². The van der Waals surface area contributed by atoms with Crippen LogP contribution in [0.25, 0.3) is 0 Å². The van der Waals surface area contributed by atoms with Gasteiger partial charge in [-0.15, -0.1) is 0 Å². The van der Waals surface area contributed by atoms with Crippen LogP contribution in [0.15, 0.2) is 36.4 Å². The second kappa shape index (κ2) is 7.43. The molecule has 1 aromatic carbocycles. The molecule has 21 heavy (non-hydrogen) atoms. The monoisotopic (exact) mass is 304 g/mol. The molecular weight excluding hydrogens is 284 g/mol. The van der Waals surface area contributed by atoms with Gasteiger partial charge in [0.2, 0.25) is 0 Å². The summed E-state index contributed by atoms with van der Waals surface area (Å²) in [5.74, 6) is 0.782. The molecule has 0 radical (unpaired) electrons. The topological polar surface area (TPSA) is 48.1 Å². The van der Waals surface area contributed by atoms with Crippen LogP contribution >= 0.6 is 11.6 Å². The van der Waals surface area contributed by atoms with Crippen molar-refractivity contribution in [2.24, 2.45) is 5.73 Å². The van der Waals surface area contributed by atoms with Crippen LogP contribution in [0.5, 0.6) is 5.75 Å². The van der Waals surface area contributed by atoms with Crippen molar-refractivity contribution in [3.05, 3.63) is 58.4 Å². The van der Waals surface area contributed by atoms with Crippen LogP contribution in [0.3, 0.4) is 0 Å². The van der Waals surface area contributed by atoms with E-state index in [1.807, 2.05) is 43.3 Å². The fourth-order valence-corrected chi connectivity index (χ4v) is 2.23. The van der Waals surface area contributed by atoms with E-state index >= 15 is 0 Å². The first-order valence-corrected chi connectivity index (χ1v) is 7.56. The summed E-state index contributed by atoms with van der Waals surface area (Å²) in [5.41, 5.74) is 8.89. The van der Waals surface area contributed by atoms with Crippen LogP contribution in [0.1, 0.15) is 30.3 Å². The Balaban J connectivity index is 2.14. The van der Waals surface area contributed by atoms with Gasteiger partial charge in [-0.25, -0.2) is 0 Å². The first kappa shape index (κ1) is 15.8. The lowest BCUT2D eigenvalue weighted by atomic mass is 10.1. The zero-order valence-corrected chi connectivity index (χ0v) is 13.2. The molecule has 0 fully saturated rings. The number of benzene rings is 1. The smallest absolute Gasteiger partial charge is 0.141 e. The molecule has 0 saturated heterocycles. The second-order valence-corrected chi connectivity index (χ2v) is 5.56. The molecular formula is C17H21ClN2O. The Labute approximate surface area is 131 Å². The van der Waals surface area contributed by atoms with Gasteiger partial charge in [0.25, 0.3) is 0 Å². The first-order chi connectivity index (χ1) is 10.1. The fourth-order valence-electron chi connectivity index (χ4n) is 2.04. The van der Waals surface area contributed by atoms with Gasteiger partial charge in [-0.3, -0.25) is 4.98 Å². The lowest BCUT2D eigenvalue weighted by Crippen LogP contribution is -2.22. The first-order valence-electron chi connectivity index (χ1n) is 7.18. The summed E-state index contributed by atoms with van der Waals surface area (Å²) < 4.78 is 5.90. The maximum Gasteiger partial charge on any atom is 0.141 e. The van der Waals surface area contributed by atoms with Gasteiger partial charge in [0.05, 0.1) is 5.69 Å². The average Bonchev–Trinajstić information content (AvgIpc) is 2.48. The number of ether oxygens (including phenoxy) is 1. The van der Waals surface area contributed by atoms with E-state index in [1.54, 1.807) is 0 Å². The average molecular weight is 305 g/mol. The van der Waals surface area contributed by atoms with Crippen LogP contribution < -0.4 is 10.5 Å². The van der Waals surface area contributed by atoms with Crippen molar-refractivity contribution >= 4 is 11.6 Å². The van der Waals surface area contributed by atoms with Gasteiger partial charge >= 0.3 is 0 Å². The Bertz CT molecular complexity index is 601. The summed E-state index contributed by atoms with van der Waals surface area (Å²) in [5, 5.41) is 0.712. The van der Waals surface area contributed by atoms with Crippen molar-refractivity contribution in [3.63, 3.8) is 0 Å². The zero-order chi connectivity index (χ0) is 15.2. The highest BCUT2D eigenvalue weighted by Gasteiger charge is 2.11. The quantitative estimate of drug-likeness (QED) is 0.880. The third kappa shape index (κ3) is 4.45. The Morgan fingerprint density at radius 2 is 2.00 bits per heavy atom. The van der Waals surface area contributed by atoms with Crippen molar-refractivity contribution in [3.8, 4) is 5.75 Å². The molecule has 112 valence electrons. The molecule has 0 saturated carbocycles. The second-order valence-electron chi connectivity index (χ2n) is 5.15. The molecule has 1 atom stereocenters. The predicted octanol–water partition coefficient (Wildman–Crippen LogP) is 3.90. The van der Waals surface area contributed by atoms with E-state index in [1.165, 1.54) is 0 Å².